The van der Waals surface area contributed by atoms with Gasteiger partial charge in [-0.2, -0.15) is 0 Å². The highest BCUT2D eigenvalue weighted by molar-refractivity contribution is 5.81. The van der Waals surface area contributed by atoms with E-state index in [0.717, 1.165) is 6.54 Å². The van der Waals surface area contributed by atoms with Crippen molar-refractivity contribution in [1.29, 1.82) is 0 Å². The van der Waals surface area contributed by atoms with Crippen LogP contribution in [0.1, 0.15) is 38.5 Å². The minimum Gasteiger partial charge on any atom is -0.481 e. The molecule has 1 unspecified atom stereocenters. The number of ether oxygens (including phenoxy) is 1. The molecule has 1 saturated carbocycles. The third-order valence-corrected chi connectivity index (χ3v) is 3.21. The van der Waals surface area contributed by atoms with Gasteiger partial charge in [-0.05, 0) is 18.8 Å². The lowest BCUT2D eigenvalue weighted by atomic mass is 10.0. The molecular weight excluding hydrogens is 194 g/mol. The summed E-state index contributed by atoms with van der Waals surface area (Å²) in [7, 11) is 0. The van der Waals surface area contributed by atoms with Crippen LogP contribution in [0.4, 0.5) is 0 Å². The third kappa shape index (κ3) is 2.70. The van der Waals surface area contributed by atoms with E-state index in [2.05, 4.69) is 4.99 Å². The molecule has 1 aliphatic heterocycles. The number of nitrogens with zero attached hydrogens (tertiary/aromatic N) is 1. The lowest BCUT2D eigenvalue weighted by Crippen LogP contribution is -2.22. The number of rotatable bonds is 4. The Kier molecular flexibility index (Phi) is 3.23. The van der Waals surface area contributed by atoms with Crippen molar-refractivity contribution in [3.05, 3.63) is 0 Å². The quantitative estimate of drug-likeness (QED) is 0.771. The van der Waals surface area contributed by atoms with E-state index >= 15 is 0 Å². The van der Waals surface area contributed by atoms with Crippen LogP contribution in [0, 0.1) is 5.92 Å². The molecule has 0 aromatic carbocycles. The molecule has 1 fully saturated rings. The zero-order valence-corrected chi connectivity index (χ0v) is 8.82. The van der Waals surface area contributed by atoms with Gasteiger partial charge in [0.25, 0.3) is 0 Å². The van der Waals surface area contributed by atoms with Gasteiger partial charge in [-0.25, -0.2) is 0 Å². The smallest absolute Gasteiger partial charge is 0.303 e. The zero-order chi connectivity index (χ0) is 10.7. The van der Waals surface area contributed by atoms with Crippen molar-refractivity contribution < 1.29 is 14.6 Å². The molecule has 1 aliphatic carbocycles. The number of carboxylic acid groups (broad SMARTS) is 1. The fraction of sp³-hybridized carbons (Fsp3) is 0.818. The molecule has 0 amide bonds. The van der Waals surface area contributed by atoms with Crippen molar-refractivity contribution in [2.75, 3.05) is 6.54 Å². The predicted octanol–water partition coefficient (Wildman–Crippen LogP) is 1.84. The van der Waals surface area contributed by atoms with Gasteiger partial charge in [-0.15, -0.1) is 0 Å². The molecule has 1 heterocycles. The summed E-state index contributed by atoms with van der Waals surface area (Å²) >= 11 is 0. The standard InChI is InChI=1S/C11H17NO3/c13-11(14)6-5-10-12-7-9(15-10)8-3-1-2-4-8/h8-9H,1-7H2,(H,13,14). The van der Waals surface area contributed by atoms with Crippen LogP contribution < -0.4 is 0 Å². The molecule has 1 atom stereocenters. The van der Waals surface area contributed by atoms with E-state index in [1.807, 2.05) is 0 Å². The number of hydrogen-bond acceptors (Lipinski definition) is 3. The summed E-state index contributed by atoms with van der Waals surface area (Å²) in [5.74, 6) is 0.510. The summed E-state index contributed by atoms with van der Waals surface area (Å²) in [6.45, 7) is 0.736. The van der Waals surface area contributed by atoms with Gasteiger partial charge >= 0.3 is 5.97 Å². The Labute approximate surface area is 89.3 Å². The second-order valence-electron chi connectivity index (χ2n) is 4.33. The van der Waals surface area contributed by atoms with Gasteiger partial charge in [0.15, 0.2) is 5.90 Å². The van der Waals surface area contributed by atoms with E-state index in [-0.39, 0.29) is 12.5 Å². The molecular formula is C11H17NO3. The van der Waals surface area contributed by atoms with Crippen LogP contribution in [0.5, 0.6) is 0 Å². The third-order valence-electron chi connectivity index (χ3n) is 3.21. The molecule has 0 bridgehead atoms. The van der Waals surface area contributed by atoms with Gasteiger partial charge in [-0.1, -0.05) is 12.8 Å². The predicted molar refractivity (Wildman–Crippen MR) is 56.0 cm³/mol. The molecule has 0 aromatic rings. The highest BCUT2D eigenvalue weighted by Crippen LogP contribution is 2.31. The Bertz CT molecular complexity index is 269. The van der Waals surface area contributed by atoms with Gasteiger partial charge in [0.05, 0.1) is 13.0 Å². The molecule has 4 nitrogen and oxygen atoms in total. The summed E-state index contributed by atoms with van der Waals surface area (Å²) in [5.41, 5.74) is 0. The molecule has 1 N–H and O–H groups in total. The first-order chi connectivity index (χ1) is 7.25. The van der Waals surface area contributed by atoms with Crippen LogP contribution in [0.25, 0.3) is 0 Å². The maximum absolute atomic E-state index is 10.4. The summed E-state index contributed by atoms with van der Waals surface area (Å²) in [6.07, 6.45) is 5.88. The molecule has 2 rings (SSSR count). The Morgan fingerprint density at radius 1 is 1.47 bits per heavy atom. The number of hydrogen-bond donors (Lipinski definition) is 1. The SMILES string of the molecule is O=C(O)CCC1=NCC(C2CCCC2)O1. The first-order valence-corrected chi connectivity index (χ1v) is 5.67. The Balaban J connectivity index is 1.75. The average molecular weight is 211 g/mol. The van der Waals surface area contributed by atoms with E-state index in [9.17, 15) is 4.79 Å². The van der Waals surface area contributed by atoms with Crippen molar-refractivity contribution in [2.24, 2.45) is 10.9 Å². The van der Waals surface area contributed by atoms with E-state index in [1.165, 1.54) is 25.7 Å². The minimum absolute atomic E-state index is 0.121. The lowest BCUT2D eigenvalue weighted by Gasteiger charge is -2.17. The molecule has 0 radical (unpaired) electrons. The van der Waals surface area contributed by atoms with Crippen molar-refractivity contribution in [1.82, 2.24) is 0 Å². The maximum Gasteiger partial charge on any atom is 0.303 e. The highest BCUT2D eigenvalue weighted by Gasteiger charge is 2.30. The van der Waals surface area contributed by atoms with Crippen LogP contribution in [0.2, 0.25) is 0 Å². The van der Waals surface area contributed by atoms with Crippen molar-refractivity contribution >= 4 is 11.9 Å². The fourth-order valence-corrected chi connectivity index (χ4v) is 2.37. The first-order valence-electron chi connectivity index (χ1n) is 5.67. The Morgan fingerprint density at radius 2 is 2.20 bits per heavy atom. The number of carboxylic acids is 1. The van der Waals surface area contributed by atoms with E-state index in [0.29, 0.717) is 18.2 Å². The Morgan fingerprint density at radius 3 is 2.87 bits per heavy atom. The Hall–Kier alpha value is -1.06. The maximum atomic E-state index is 10.4. The molecule has 0 spiro atoms. The normalized spacial score (nSPS) is 26.4. The number of carbonyl (C=O) groups is 1. The second-order valence-corrected chi connectivity index (χ2v) is 4.33. The summed E-state index contributed by atoms with van der Waals surface area (Å²) in [6, 6.07) is 0. The highest BCUT2D eigenvalue weighted by atomic mass is 16.5. The van der Waals surface area contributed by atoms with Crippen molar-refractivity contribution in [3.63, 3.8) is 0 Å². The molecule has 84 valence electrons. The molecule has 15 heavy (non-hydrogen) atoms. The average Bonchev–Trinajstić information content (AvgIpc) is 2.85. The summed E-state index contributed by atoms with van der Waals surface area (Å²) in [4.78, 5) is 14.6. The van der Waals surface area contributed by atoms with Crippen LogP contribution in [-0.4, -0.2) is 29.6 Å². The van der Waals surface area contributed by atoms with Crippen LogP contribution in [-0.2, 0) is 9.53 Å². The lowest BCUT2D eigenvalue weighted by molar-refractivity contribution is -0.136. The number of aliphatic carboxylic acids is 1. The summed E-state index contributed by atoms with van der Waals surface area (Å²) < 4.78 is 5.68. The van der Waals surface area contributed by atoms with Gasteiger partial charge < -0.3 is 9.84 Å². The summed E-state index contributed by atoms with van der Waals surface area (Å²) in [5, 5.41) is 8.54. The van der Waals surface area contributed by atoms with Crippen molar-refractivity contribution in [3.8, 4) is 0 Å². The van der Waals surface area contributed by atoms with Gasteiger partial charge in [-0.3, -0.25) is 9.79 Å². The van der Waals surface area contributed by atoms with E-state index < -0.39 is 5.97 Å². The van der Waals surface area contributed by atoms with E-state index in [4.69, 9.17) is 9.84 Å². The monoisotopic (exact) mass is 211 g/mol. The van der Waals surface area contributed by atoms with E-state index in [1.54, 1.807) is 0 Å². The fourth-order valence-electron chi connectivity index (χ4n) is 2.37. The topological polar surface area (TPSA) is 58.9 Å². The largest absolute Gasteiger partial charge is 0.481 e. The zero-order valence-electron chi connectivity index (χ0n) is 8.82. The minimum atomic E-state index is -0.786. The molecule has 0 saturated heterocycles. The van der Waals surface area contributed by atoms with Crippen LogP contribution in [0.15, 0.2) is 4.99 Å². The first kappa shape index (κ1) is 10.5. The van der Waals surface area contributed by atoms with Crippen LogP contribution >= 0.6 is 0 Å². The van der Waals surface area contributed by atoms with Gasteiger partial charge in [0.2, 0.25) is 0 Å². The molecule has 2 aliphatic rings. The number of aliphatic imine (C=N–C) groups is 1. The van der Waals surface area contributed by atoms with Crippen LogP contribution in [0.3, 0.4) is 0 Å². The molecule has 0 aromatic heterocycles. The second kappa shape index (κ2) is 4.64. The van der Waals surface area contributed by atoms with Crippen molar-refractivity contribution in [2.45, 2.75) is 44.6 Å². The van der Waals surface area contributed by atoms with Gasteiger partial charge in [0.1, 0.15) is 6.10 Å². The van der Waals surface area contributed by atoms with Gasteiger partial charge in [0, 0.05) is 6.42 Å². The molecule has 4 heteroatoms.